The van der Waals surface area contributed by atoms with E-state index in [0.717, 1.165) is 24.0 Å². The summed E-state index contributed by atoms with van der Waals surface area (Å²) in [6.45, 7) is 10.9. The van der Waals surface area contributed by atoms with Gasteiger partial charge in [-0.05, 0) is 36.0 Å². The van der Waals surface area contributed by atoms with E-state index in [0.29, 0.717) is 30.8 Å². The second-order valence-corrected chi connectivity index (χ2v) is 10.3. The summed E-state index contributed by atoms with van der Waals surface area (Å²) in [5, 5.41) is 19.9. The van der Waals surface area contributed by atoms with Crippen LogP contribution in [0, 0.1) is 11.3 Å². The monoisotopic (exact) mass is 469 g/mol. The Morgan fingerprint density at radius 1 is 1.12 bits per heavy atom. The van der Waals surface area contributed by atoms with Crippen molar-refractivity contribution in [2.24, 2.45) is 21.6 Å². The summed E-state index contributed by atoms with van der Waals surface area (Å²) >= 11 is 0. The number of aliphatic hydroxyl groups is 1. The fraction of sp³-hybridized carbons (Fsp3) is 0.607. The van der Waals surface area contributed by atoms with E-state index < -0.39 is 6.04 Å². The number of azo groups is 1. The number of benzene rings is 1. The Kier molecular flexibility index (Phi) is 10.8. The molecule has 0 amide bonds. The van der Waals surface area contributed by atoms with Crippen molar-refractivity contribution in [1.82, 2.24) is 0 Å². The Morgan fingerprint density at radius 3 is 2.47 bits per heavy atom. The third-order valence-corrected chi connectivity index (χ3v) is 6.36. The molecule has 188 valence electrons. The molecule has 0 saturated heterocycles. The van der Waals surface area contributed by atoms with Crippen molar-refractivity contribution in [2.75, 3.05) is 12.3 Å². The highest BCUT2D eigenvalue weighted by Gasteiger charge is 2.34. The maximum Gasteiger partial charge on any atom is 0.306 e. The van der Waals surface area contributed by atoms with Gasteiger partial charge in [-0.3, -0.25) is 4.79 Å². The molecule has 0 saturated carbocycles. The molecule has 1 aliphatic carbocycles. The predicted molar refractivity (Wildman–Crippen MR) is 139 cm³/mol. The molecule has 0 spiro atoms. The lowest BCUT2D eigenvalue weighted by Crippen LogP contribution is -2.28. The molecule has 2 rings (SSSR count). The number of aliphatic hydroxyl groups excluding tert-OH is 1. The molecule has 1 aromatic carbocycles. The average Bonchev–Trinajstić information content (AvgIpc) is 2.78. The summed E-state index contributed by atoms with van der Waals surface area (Å²) in [4.78, 5) is 12.3. The van der Waals surface area contributed by atoms with Gasteiger partial charge in [-0.1, -0.05) is 90.5 Å². The van der Waals surface area contributed by atoms with Crippen LogP contribution in [-0.4, -0.2) is 23.7 Å². The highest BCUT2D eigenvalue weighted by molar-refractivity contribution is 5.69. The molecule has 2 unspecified atom stereocenters. The number of allylic oxidation sites excluding steroid dienone is 2. The number of unbranched alkanes of at least 4 members (excludes halogenated alkanes) is 5. The van der Waals surface area contributed by atoms with Gasteiger partial charge >= 0.3 is 5.97 Å². The average molecular weight is 470 g/mol. The van der Waals surface area contributed by atoms with Gasteiger partial charge in [-0.25, -0.2) is 0 Å². The smallest absolute Gasteiger partial charge is 0.306 e. The number of anilines is 1. The Labute approximate surface area is 205 Å². The standard InChI is InChI=1S/C28H43N3O3/c1-6-7-8-9-10-13-18-34-25(32)17-16-21-19-22(28(3,4)5)27(33)26(20(21)2)31-30-24-15-12-11-14-23(24)29/h11-12,14-15,19-20,26,33H,6-10,13,16-18,29H2,1-5H3. The molecule has 2 atom stereocenters. The van der Waals surface area contributed by atoms with Crippen LogP contribution >= 0.6 is 0 Å². The zero-order valence-corrected chi connectivity index (χ0v) is 21.6. The van der Waals surface area contributed by atoms with Gasteiger partial charge in [-0.15, -0.1) is 0 Å². The van der Waals surface area contributed by atoms with Crippen molar-refractivity contribution in [2.45, 2.75) is 92.0 Å². The van der Waals surface area contributed by atoms with E-state index in [4.69, 9.17) is 10.5 Å². The zero-order valence-electron chi connectivity index (χ0n) is 21.6. The summed E-state index contributed by atoms with van der Waals surface area (Å²) in [5.74, 6) is -0.0354. The molecule has 0 radical (unpaired) electrons. The van der Waals surface area contributed by atoms with Crippen LogP contribution in [0.5, 0.6) is 0 Å². The Morgan fingerprint density at radius 2 is 1.79 bits per heavy atom. The molecular weight excluding hydrogens is 426 g/mol. The summed E-state index contributed by atoms with van der Waals surface area (Å²) in [7, 11) is 0. The summed E-state index contributed by atoms with van der Waals surface area (Å²) < 4.78 is 5.45. The molecule has 1 aliphatic rings. The van der Waals surface area contributed by atoms with Crippen LogP contribution in [0.15, 0.2) is 57.5 Å². The van der Waals surface area contributed by atoms with Crippen molar-refractivity contribution in [3.8, 4) is 0 Å². The minimum Gasteiger partial charge on any atom is -0.510 e. The van der Waals surface area contributed by atoms with Crippen molar-refractivity contribution in [3.05, 3.63) is 47.2 Å². The molecule has 0 heterocycles. The second-order valence-electron chi connectivity index (χ2n) is 10.3. The van der Waals surface area contributed by atoms with E-state index in [1.165, 1.54) is 25.7 Å². The van der Waals surface area contributed by atoms with Crippen LogP contribution in [-0.2, 0) is 9.53 Å². The lowest BCUT2D eigenvalue weighted by molar-refractivity contribution is -0.143. The number of hydrogen-bond donors (Lipinski definition) is 2. The maximum atomic E-state index is 12.3. The number of rotatable bonds is 12. The first-order chi connectivity index (χ1) is 16.1. The number of nitrogens with two attached hydrogens (primary N) is 1. The number of nitrogen functional groups attached to an aromatic ring is 1. The first-order valence-electron chi connectivity index (χ1n) is 12.7. The topological polar surface area (TPSA) is 97.3 Å². The van der Waals surface area contributed by atoms with E-state index in [-0.39, 0.29) is 23.1 Å². The number of hydrogen-bond acceptors (Lipinski definition) is 6. The third kappa shape index (κ3) is 8.30. The molecule has 6 heteroatoms. The van der Waals surface area contributed by atoms with Crippen molar-refractivity contribution >= 4 is 17.3 Å². The summed E-state index contributed by atoms with van der Waals surface area (Å²) in [6.07, 6.45) is 9.90. The van der Waals surface area contributed by atoms with Crippen LogP contribution in [0.25, 0.3) is 0 Å². The molecule has 0 fully saturated rings. The van der Waals surface area contributed by atoms with Crippen LogP contribution in [0.1, 0.15) is 86.0 Å². The van der Waals surface area contributed by atoms with Gasteiger partial charge in [0.15, 0.2) is 0 Å². The van der Waals surface area contributed by atoms with Gasteiger partial charge in [0.2, 0.25) is 0 Å². The number of carbonyl (C=O) groups excluding carboxylic acids is 1. The zero-order chi connectivity index (χ0) is 25.1. The van der Waals surface area contributed by atoms with Crippen LogP contribution < -0.4 is 5.73 Å². The molecule has 0 aliphatic heterocycles. The van der Waals surface area contributed by atoms with E-state index in [1.807, 2.05) is 25.1 Å². The largest absolute Gasteiger partial charge is 0.510 e. The van der Waals surface area contributed by atoms with Crippen molar-refractivity contribution in [1.29, 1.82) is 0 Å². The molecule has 0 bridgehead atoms. The first-order valence-corrected chi connectivity index (χ1v) is 12.7. The van der Waals surface area contributed by atoms with Gasteiger partial charge in [0.25, 0.3) is 0 Å². The Hall–Kier alpha value is -2.63. The number of nitrogens with zero attached hydrogens (tertiary/aromatic N) is 2. The van der Waals surface area contributed by atoms with Gasteiger partial charge in [-0.2, -0.15) is 10.2 Å². The van der Waals surface area contributed by atoms with Crippen molar-refractivity contribution in [3.63, 3.8) is 0 Å². The van der Waals surface area contributed by atoms with E-state index >= 15 is 0 Å². The Balaban J connectivity index is 2.03. The second kappa shape index (κ2) is 13.3. The van der Waals surface area contributed by atoms with Gasteiger partial charge < -0.3 is 15.6 Å². The predicted octanol–water partition coefficient (Wildman–Crippen LogP) is 7.84. The molecule has 0 aromatic heterocycles. The minimum atomic E-state index is -0.520. The highest BCUT2D eigenvalue weighted by atomic mass is 16.5. The highest BCUT2D eigenvalue weighted by Crippen LogP contribution is 2.40. The summed E-state index contributed by atoms with van der Waals surface area (Å²) in [6, 6.07) is 6.76. The first kappa shape index (κ1) is 27.6. The number of para-hydroxylation sites is 1. The quantitative estimate of drug-likeness (QED) is 0.141. The summed E-state index contributed by atoms with van der Waals surface area (Å²) in [5.41, 5.74) is 8.75. The Bertz CT molecular complexity index is 896. The molecule has 1 aromatic rings. The van der Waals surface area contributed by atoms with E-state index in [2.05, 4.69) is 37.9 Å². The van der Waals surface area contributed by atoms with Crippen LogP contribution in [0.2, 0.25) is 0 Å². The molecule has 3 N–H and O–H groups in total. The van der Waals surface area contributed by atoms with Gasteiger partial charge in [0, 0.05) is 12.3 Å². The minimum absolute atomic E-state index is 0.0915. The van der Waals surface area contributed by atoms with E-state index in [9.17, 15) is 9.90 Å². The SMILES string of the molecule is CCCCCCCCOC(=O)CCC1=CC(C(C)(C)C)=C(O)C(N=Nc2ccccc2N)C1C. The number of ether oxygens (including phenoxy) is 1. The van der Waals surface area contributed by atoms with Gasteiger partial charge in [0.05, 0.1) is 12.3 Å². The molecule has 6 nitrogen and oxygen atoms in total. The van der Waals surface area contributed by atoms with Crippen LogP contribution in [0.4, 0.5) is 11.4 Å². The maximum absolute atomic E-state index is 12.3. The third-order valence-electron chi connectivity index (χ3n) is 6.36. The normalized spacial score (nSPS) is 18.9. The van der Waals surface area contributed by atoms with Gasteiger partial charge in [0.1, 0.15) is 17.5 Å². The molecule has 34 heavy (non-hydrogen) atoms. The van der Waals surface area contributed by atoms with Crippen LogP contribution in [0.3, 0.4) is 0 Å². The fourth-order valence-corrected chi connectivity index (χ4v) is 4.13. The van der Waals surface area contributed by atoms with E-state index in [1.54, 1.807) is 12.1 Å². The fourth-order valence-electron chi connectivity index (χ4n) is 4.13. The van der Waals surface area contributed by atoms with Crippen molar-refractivity contribution < 1.29 is 14.6 Å². The lowest BCUT2D eigenvalue weighted by atomic mass is 9.75. The lowest BCUT2D eigenvalue weighted by Gasteiger charge is -2.33. The molecular formula is C28H43N3O3. The number of carbonyl (C=O) groups is 1. The number of esters is 1.